The largest absolute Gasteiger partial charge is 0.382 e. The Labute approximate surface area is 105 Å². The van der Waals surface area contributed by atoms with Crippen LogP contribution in [-0.4, -0.2) is 38.5 Å². The second-order valence-electron chi connectivity index (χ2n) is 4.57. The van der Waals surface area contributed by atoms with Gasteiger partial charge in [-0.2, -0.15) is 5.26 Å². The van der Waals surface area contributed by atoms with Crippen molar-refractivity contribution in [1.82, 2.24) is 5.32 Å². The van der Waals surface area contributed by atoms with Gasteiger partial charge in [0.1, 0.15) is 5.54 Å². The number of methoxy groups -OCH3 is 1. The molecule has 2 unspecified atom stereocenters. The molecule has 1 N–H and O–H groups in total. The lowest BCUT2D eigenvalue weighted by molar-refractivity contribution is 0.00738. The van der Waals surface area contributed by atoms with Crippen LogP contribution in [0.15, 0.2) is 0 Å². The molecule has 100 valence electrons. The highest BCUT2D eigenvalue weighted by atomic mass is 16.5. The second-order valence-corrected chi connectivity index (χ2v) is 4.57. The van der Waals surface area contributed by atoms with Crippen LogP contribution in [0.2, 0.25) is 0 Å². The predicted octanol–water partition coefficient (Wildman–Crippen LogP) is 2.10. The van der Waals surface area contributed by atoms with Crippen molar-refractivity contribution < 1.29 is 9.47 Å². The molecule has 0 aliphatic carbocycles. The van der Waals surface area contributed by atoms with E-state index in [2.05, 4.69) is 11.4 Å². The highest BCUT2D eigenvalue weighted by Gasteiger charge is 2.21. The maximum atomic E-state index is 9.07. The van der Waals surface area contributed by atoms with E-state index in [4.69, 9.17) is 14.7 Å². The maximum Gasteiger partial charge on any atom is 0.103 e. The van der Waals surface area contributed by atoms with E-state index in [1.165, 1.54) is 0 Å². The van der Waals surface area contributed by atoms with Gasteiger partial charge in [0.2, 0.25) is 0 Å². The molecule has 0 aromatic heterocycles. The standard InChI is InChI=1S/C13H26N2O2/c1-5-15-13(3,11-14)8-6-7-9-17-12(2)10-16-4/h12,15H,5-10H2,1-4H3. The highest BCUT2D eigenvalue weighted by molar-refractivity contribution is 5.03. The molecule has 17 heavy (non-hydrogen) atoms. The van der Waals surface area contributed by atoms with Crippen LogP contribution in [0.1, 0.15) is 40.0 Å². The number of rotatable bonds is 10. The van der Waals surface area contributed by atoms with Crippen molar-refractivity contribution in [2.75, 3.05) is 26.9 Å². The van der Waals surface area contributed by atoms with Crippen LogP contribution in [0.3, 0.4) is 0 Å². The van der Waals surface area contributed by atoms with Gasteiger partial charge in [-0.3, -0.25) is 5.32 Å². The molecule has 4 nitrogen and oxygen atoms in total. The Morgan fingerprint density at radius 3 is 2.65 bits per heavy atom. The minimum Gasteiger partial charge on any atom is -0.382 e. The molecular weight excluding hydrogens is 216 g/mol. The summed E-state index contributed by atoms with van der Waals surface area (Å²) in [7, 11) is 1.68. The topological polar surface area (TPSA) is 54.3 Å². The first kappa shape index (κ1) is 16.4. The van der Waals surface area contributed by atoms with E-state index in [-0.39, 0.29) is 6.10 Å². The molecule has 4 heteroatoms. The van der Waals surface area contributed by atoms with E-state index < -0.39 is 5.54 Å². The fraction of sp³-hybridized carbons (Fsp3) is 0.923. The third kappa shape index (κ3) is 8.14. The van der Waals surface area contributed by atoms with Crippen LogP contribution < -0.4 is 5.32 Å². The molecule has 0 bridgehead atoms. The van der Waals surface area contributed by atoms with Crippen LogP contribution in [-0.2, 0) is 9.47 Å². The minimum atomic E-state index is -0.396. The zero-order valence-electron chi connectivity index (χ0n) is 11.6. The van der Waals surface area contributed by atoms with Crippen molar-refractivity contribution in [2.45, 2.75) is 51.7 Å². The zero-order valence-corrected chi connectivity index (χ0v) is 11.6. The van der Waals surface area contributed by atoms with Gasteiger partial charge in [-0.1, -0.05) is 6.92 Å². The van der Waals surface area contributed by atoms with Crippen LogP contribution in [0.4, 0.5) is 0 Å². The number of nitriles is 1. The average Bonchev–Trinajstić information content (AvgIpc) is 2.29. The molecule has 0 aromatic rings. The van der Waals surface area contributed by atoms with Gasteiger partial charge >= 0.3 is 0 Å². The predicted molar refractivity (Wildman–Crippen MR) is 68.8 cm³/mol. The lowest BCUT2D eigenvalue weighted by atomic mass is 9.97. The molecule has 0 heterocycles. The third-order valence-electron chi connectivity index (χ3n) is 2.69. The van der Waals surface area contributed by atoms with Crippen LogP contribution in [0.5, 0.6) is 0 Å². The number of ether oxygens (including phenoxy) is 2. The Bertz CT molecular complexity index is 228. The van der Waals surface area contributed by atoms with Crippen LogP contribution in [0, 0.1) is 11.3 Å². The van der Waals surface area contributed by atoms with Gasteiger partial charge in [0.15, 0.2) is 0 Å². The first-order valence-electron chi connectivity index (χ1n) is 6.34. The van der Waals surface area contributed by atoms with Crippen molar-refractivity contribution in [1.29, 1.82) is 5.26 Å². The van der Waals surface area contributed by atoms with Crippen LogP contribution >= 0.6 is 0 Å². The van der Waals surface area contributed by atoms with E-state index >= 15 is 0 Å². The van der Waals surface area contributed by atoms with E-state index in [9.17, 15) is 0 Å². The quantitative estimate of drug-likeness (QED) is 0.596. The molecule has 0 aliphatic heterocycles. The molecule has 0 spiro atoms. The molecule has 0 aromatic carbocycles. The lowest BCUT2D eigenvalue weighted by Crippen LogP contribution is -2.40. The zero-order chi connectivity index (χ0) is 13.1. The number of hydrogen-bond donors (Lipinski definition) is 1. The van der Waals surface area contributed by atoms with Gasteiger partial charge in [-0.25, -0.2) is 0 Å². The third-order valence-corrected chi connectivity index (χ3v) is 2.69. The minimum absolute atomic E-state index is 0.149. The fourth-order valence-electron chi connectivity index (χ4n) is 1.72. The molecule has 0 amide bonds. The van der Waals surface area contributed by atoms with Gasteiger partial charge in [0, 0.05) is 13.7 Å². The summed E-state index contributed by atoms with van der Waals surface area (Å²) in [6.07, 6.45) is 2.99. The summed E-state index contributed by atoms with van der Waals surface area (Å²) in [5, 5.41) is 12.3. The monoisotopic (exact) mass is 242 g/mol. The molecular formula is C13H26N2O2. The summed E-state index contributed by atoms with van der Waals surface area (Å²) in [6, 6.07) is 2.33. The number of hydrogen-bond acceptors (Lipinski definition) is 4. The summed E-state index contributed by atoms with van der Waals surface area (Å²) in [5.74, 6) is 0. The Hall–Kier alpha value is -0.630. The van der Waals surface area contributed by atoms with Gasteiger partial charge in [-0.05, 0) is 39.7 Å². The second kappa shape index (κ2) is 9.41. The summed E-state index contributed by atoms with van der Waals surface area (Å²) in [4.78, 5) is 0. The van der Waals surface area contributed by atoms with Gasteiger partial charge < -0.3 is 9.47 Å². The molecule has 2 atom stereocenters. The van der Waals surface area contributed by atoms with E-state index in [0.29, 0.717) is 6.61 Å². The number of nitrogens with zero attached hydrogens (tertiary/aromatic N) is 1. The molecule has 0 fully saturated rings. The molecule has 0 saturated carbocycles. The normalized spacial score (nSPS) is 16.2. The highest BCUT2D eigenvalue weighted by Crippen LogP contribution is 2.12. The molecule has 0 saturated heterocycles. The first-order valence-corrected chi connectivity index (χ1v) is 6.34. The summed E-state index contributed by atoms with van der Waals surface area (Å²) in [5.41, 5.74) is -0.396. The van der Waals surface area contributed by atoms with E-state index in [1.807, 2.05) is 20.8 Å². The van der Waals surface area contributed by atoms with Crippen LogP contribution in [0.25, 0.3) is 0 Å². The van der Waals surface area contributed by atoms with Crippen molar-refractivity contribution in [3.8, 4) is 6.07 Å². The average molecular weight is 242 g/mol. The van der Waals surface area contributed by atoms with Gasteiger partial charge in [0.05, 0.1) is 18.8 Å². The van der Waals surface area contributed by atoms with Crippen molar-refractivity contribution in [2.24, 2.45) is 0 Å². The van der Waals surface area contributed by atoms with Crippen molar-refractivity contribution in [3.05, 3.63) is 0 Å². The molecule has 0 aliphatic rings. The lowest BCUT2D eigenvalue weighted by Gasteiger charge is -2.22. The molecule has 0 rings (SSSR count). The molecule has 0 radical (unpaired) electrons. The Morgan fingerprint density at radius 1 is 1.41 bits per heavy atom. The Balaban J connectivity index is 3.60. The van der Waals surface area contributed by atoms with Gasteiger partial charge in [0.25, 0.3) is 0 Å². The van der Waals surface area contributed by atoms with Gasteiger partial charge in [-0.15, -0.1) is 0 Å². The number of unbranched alkanes of at least 4 members (excludes halogenated alkanes) is 1. The fourth-order valence-corrected chi connectivity index (χ4v) is 1.72. The van der Waals surface area contributed by atoms with Crippen molar-refractivity contribution >= 4 is 0 Å². The Morgan fingerprint density at radius 2 is 2.12 bits per heavy atom. The first-order chi connectivity index (χ1) is 8.08. The number of nitrogens with one attached hydrogen (secondary N) is 1. The maximum absolute atomic E-state index is 9.07. The van der Waals surface area contributed by atoms with Crippen molar-refractivity contribution in [3.63, 3.8) is 0 Å². The smallest absolute Gasteiger partial charge is 0.103 e. The SMILES string of the molecule is CCNC(C)(C#N)CCCCOC(C)COC. The Kier molecular flexibility index (Phi) is 9.06. The van der Waals surface area contributed by atoms with E-state index in [0.717, 1.165) is 32.4 Å². The summed E-state index contributed by atoms with van der Waals surface area (Å²) < 4.78 is 10.5. The summed E-state index contributed by atoms with van der Waals surface area (Å²) >= 11 is 0. The summed E-state index contributed by atoms with van der Waals surface area (Å²) in [6.45, 7) is 8.16. The van der Waals surface area contributed by atoms with E-state index in [1.54, 1.807) is 7.11 Å².